The summed E-state index contributed by atoms with van der Waals surface area (Å²) in [5, 5.41) is 10.9. The minimum Gasteiger partial charge on any atom is -0.397 e. The van der Waals surface area contributed by atoms with Crippen LogP contribution in [0.15, 0.2) is 5.38 Å². The topological polar surface area (TPSA) is 85.8 Å². The molecule has 21 heavy (non-hydrogen) atoms. The second kappa shape index (κ2) is 5.12. The maximum atomic E-state index is 12.3. The first-order chi connectivity index (χ1) is 9.97. The predicted molar refractivity (Wildman–Crippen MR) is 85.8 cm³/mol. The molecule has 3 aromatic heterocycles. The Morgan fingerprint density at radius 2 is 2.24 bits per heavy atom. The summed E-state index contributed by atoms with van der Waals surface area (Å²) in [4.78, 5) is 18.1. The zero-order chi connectivity index (χ0) is 15.1. The van der Waals surface area contributed by atoms with Crippen molar-refractivity contribution in [3.05, 3.63) is 26.7 Å². The van der Waals surface area contributed by atoms with Crippen molar-refractivity contribution in [2.24, 2.45) is 7.05 Å². The number of aromatic nitrogens is 3. The molecular formula is C13H15N5OS2. The van der Waals surface area contributed by atoms with Crippen molar-refractivity contribution in [3.8, 4) is 0 Å². The highest BCUT2D eigenvalue weighted by Gasteiger charge is 2.20. The van der Waals surface area contributed by atoms with Crippen LogP contribution in [-0.2, 0) is 13.6 Å². The van der Waals surface area contributed by atoms with Gasteiger partial charge in [-0.05, 0) is 13.8 Å². The van der Waals surface area contributed by atoms with E-state index in [0.29, 0.717) is 17.1 Å². The molecule has 0 saturated heterocycles. The number of carbonyl (C=O) groups is 1. The van der Waals surface area contributed by atoms with E-state index in [4.69, 9.17) is 5.73 Å². The highest BCUT2D eigenvalue weighted by Crippen LogP contribution is 2.35. The molecule has 3 N–H and O–H groups in total. The van der Waals surface area contributed by atoms with Gasteiger partial charge in [0.05, 0.1) is 23.3 Å². The number of nitrogens with one attached hydrogen (secondary N) is 1. The number of thiazole rings is 1. The number of hydrogen-bond acceptors (Lipinski definition) is 6. The molecule has 8 heteroatoms. The van der Waals surface area contributed by atoms with Gasteiger partial charge >= 0.3 is 0 Å². The van der Waals surface area contributed by atoms with E-state index in [1.807, 2.05) is 26.3 Å². The summed E-state index contributed by atoms with van der Waals surface area (Å²) in [6.07, 6.45) is 0. The van der Waals surface area contributed by atoms with Gasteiger partial charge in [0.2, 0.25) is 0 Å². The monoisotopic (exact) mass is 321 g/mol. The number of amides is 1. The first kappa shape index (κ1) is 14.0. The van der Waals surface area contributed by atoms with Crippen LogP contribution in [0.4, 0.5) is 5.69 Å². The molecule has 0 atom stereocenters. The number of carbonyl (C=O) groups excluding carboxylic acids is 1. The summed E-state index contributed by atoms with van der Waals surface area (Å²) in [5.41, 5.74) is 8.43. The Bertz CT molecular complexity index is 829. The van der Waals surface area contributed by atoms with E-state index in [-0.39, 0.29) is 5.91 Å². The van der Waals surface area contributed by atoms with Crippen molar-refractivity contribution in [2.45, 2.75) is 20.4 Å². The Hall–Kier alpha value is -1.93. The maximum Gasteiger partial charge on any atom is 0.263 e. The van der Waals surface area contributed by atoms with Crippen LogP contribution in [0.1, 0.15) is 26.1 Å². The lowest BCUT2D eigenvalue weighted by atomic mass is 10.2. The van der Waals surface area contributed by atoms with Gasteiger partial charge in [0.15, 0.2) is 0 Å². The van der Waals surface area contributed by atoms with Crippen molar-refractivity contribution in [2.75, 3.05) is 5.73 Å². The van der Waals surface area contributed by atoms with E-state index >= 15 is 0 Å². The predicted octanol–water partition coefficient (Wildman–Crippen LogP) is 2.22. The lowest BCUT2D eigenvalue weighted by molar-refractivity contribution is 0.0956. The fourth-order valence-electron chi connectivity index (χ4n) is 2.22. The Labute approximate surface area is 129 Å². The molecule has 3 aromatic rings. The molecule has 0 fully saturated rings. The molecule has 3 rings (SSSR count). The van der Waals surface area contributed by atoms with E-state index < -0.39 is 0 Å². The molecule has 6 nitrogen and oxygen atoms in total. The number of rotatable bonds is 3. The van der Waals surface area contributed by atoms with Crippen LogP contribution in [0, 0.1) is 13.8 Å². The van der Waals surface area contributed by atoms with E-state index in [9.17, 15) is 4.79 Å². The van der Waals surface area contributed by atoms with Gasteiger partial charge in [-0.2, -0.15) is 5.10 Å². The molecule has 0 saturated carbocycles. The van der Waals surface area contributed by atoms with Crippen molar-refractivity contribution >= 4 is 44.5 Å². The van der Waals surface area contributed by atoms with Crippen molar-refractivity contribution in [1.82, 2.24) is 20.1 Å². The molecule has 0 bridgehead atoms. The smallest absolute Gasteiger partial charge is 0.263 e. The molecule has 0 aliphatic carbocycles. The minimum absolute atomic E-state index is 0.166. The first-order valence-electron chi connectivity index (χ1n) is 6.38. The van der Waals surface area contributed by atoms with Crippen LogP contribution in [-0.4, -0.2) is 20.7 Å². The second-order valence-electron chi connectivity index (χ2n) is 4.80. The van der Waals surface area contributed by atoms with Crippen LogP contribution in [0.25, 0.3) is 10.2 Å². The Balaban J connectivity index is 1.84. The zero-order valence-electron chi connectivity index (χ0n) is 11.9. The molecule has 0 aliphatic heterocycles. The fourth-order valence-corrected chi connectivity index (χ4v) is 4.03. The summed E-state index contributed by atoms with van der Waals surface area (Å²) in [6.45, 7) is 4.25. The molecule has 0 aliphatic rings. The summed E-state index contributed by atoms with van der Waals surface area (Å²) < 4.78 is 1.76. The average molecular weight is 321 g/mol. The number of nitrogen functional groups attached to an aromatic ring is 1. The molecule has 0 spiro atoms. The Morgan fingerprint density at radius 1 is 1.48 bits per heavy atom. The third kappa shape index (κ3) is 2.40. The van der Waals surface area contributed by atoms with Gasteiger partial charge in [-0.3, -0.25) is 9.48 Å². The maximum absolute atomic E-state index is 12.3. The Kier molecular flexibility index (Phi) is 3.42. The van der Waals surface area contributed by atoms with Crippen LogP contribution in [0.3, 0.4) is 0 Å². The molecule has 0 aromatic carbocycles. The second-order valence-corrected chi connectivity index (χ2v) is 6.74. The molecule has 1 amide bonds. The van der Waals surface area contributed by atoms with E-state index in [1.165, 1.54) is 22.7 Å². The lowest BCUT2D eigenvalue weighted by Gasteiger charge is -2.02. The number of nitrogens with two attached hydrogens (primary N) is 1. The summed E-state index contributed by atoms with van der Waals surface area (Å²) >= 11 is 2.90. The number of nitrogens with zero attached hydrogens (tertiary/aromatic N) is 3. The lowest BCUT2D eigenvalue weighted by Crippen LogP contribution is -2.22. The Morgan fingerprint density at radius 3 is 2.86 bits per heavy atom. The largest absolute Gasteiger partial charge is 0.397 e. The van der Waals surface area contributed by atoms with Gasteiger partial charge in [0.1, 0.15) is 14.7 Å². The number of anilines is 1. The molecule has 0 radical (unpaired) electrons. The van der Waals surface area contributed by atoms with Gasteiger partial charge in [0.25, 0.3) is 5.91 Å². The van der Waals surface area contributed by atoms with Crippen molar-refractivity contribution < 1.29 is 4.79 Å². The van der Waals surface area contributed by atoms with E-state index in [2.05, 4.69) is 15.4 Å². The number of thiophene rings is 1. The number of hydrogen-bond donors (Lipinski definition) is 2. The van der Waals surface area contributed by atoms with Gasteiger partial charge in [0, 0.05) is 18.1 Å². The van der Waals surface area contributed by atoms with Crippen LogP contribution in [0.2, 0.25) is 0 Å². The normalized spacial score (nSPS) is 11.2. The van der Waals surface area contributed by atoms with Gasteiger partial charge in [-0.15, -0.1) is 22.7 Å². The summed E-state index contributed by atoms with van der Waals surface area (Å²) in [6, 6.07) is 0. The quantitative estimate of drug-likeness (QED) is 0.774. The third-order valence-corrected chi connectivity index (χ3v) is 5.39. The van der Waals surface area contributed by atoms with E-state index in [1.54, 1.807) is 4.68 Å². The molecule has 0 unspecified atom stereocenters. The van der Waals surface area contributed by atoms with Gasteiger partial charge in [-0.1, -0.05) is 0 Å². The average Bonchev–Trinajstić information content (AvgIpc) is 3.06. The van der Waals surface area contributed by atoms with Crippen molar-refractivity contribution in [1.29, 1.82) is 0 Å². The van der Waals surface area contributed by atoms with Crippen molar-refractivity contribution in [3.63, 3.8) is 0 Å². The van der Waals surface area contributed by atoms with Gasteiger partial charge in [-0.25, -0.2) is 4.98 Å². The highest BCUT2D eigenvalue weighted by atomic mass is 32.1. The van der Waals surface area contributed by atoms with Crippen LogP contribution >= 0.6 is 22.7 Å². The van der Waals surface area contributed by atoms with Crippen LogP contribution in [0.5, 0.6) is 0 Å². The fraction of sp³-hybridized carbons (Fsp3) is 0.308. The molecular weight excluding hydrogens is 306 g/mol. The van der Waals surface area contributed by atoms with E-state index in [0.717, 1.165) is 26.6 Å². The first-order valence-corrected chi connectivity index (χ1v) is 8.07. The molecule has 3 heterocycles. The highest BCUT2D eigenvalue weighted by molar-refractivity contribution is 7.21. The zero-order valence-corrected chi connectivity index (χ0v) is 13.6. The third-order valence-electron chi connectivity index (χ3n) is 3.16. The summed E-state index contributed by atoms with van der Waals surface area (Å²) in [5.74, 6) is -0.166. The minimum atomic E-state index is -0.166. The number of aryl methyl sites for hydroxylation is 3. The van der Waals surface area contributed by atoms with Crippen LogP contribution < -0.4 is 11.1 Å². The molecule has 110 valence electrons. The standard InChI is InChI=1S/C13H15N5OS2/c1-6-5-20-8(16-6)4-15-12(19)11-10(14)9-7(2)17-18(3)13(9)21-11/h5H,4,14H2,1-3H3,(H,15,19). The summed E-state index contributed by atoms with van der Waals surface area (Å²) in [7, 11) is 1.85. The van der Waals surface area contributed by atoms with Gasteiger partial charge < -0.3 is 11.1 Å². The number of fused-ring (bicyclic) bond motifs is 1. The SMILES string of the molecule is Cc1csc(CNC(=O)c2sc3c(c(C)nn3C)c2N)n1.